The van der Waals surface area contributed by atoms with Gasteiger partial charge in [0, 0.05) is 12.1 Å². The molecule has 0 fully saturated rings. The van der Waals surface area contributed by atoms with Crippen LogP contribution >= 0.6 is 23.2 Å². The first-order chi connectivity index (χ1) is 12.6. The first kappa shape index (κ1) is 18.2. The lowest BCUT2D eigenvalue weighted by atomic mass is 10.1. The van der Waals surface area contributed by atoms with Crippen LogP contribution in [-0.2, 0) is 11.3 Å². The maximum Gasteiger partial charge on any atom is 0.244 e. The number of rotatable bonds is 8. The van der Waals surface area contributed by atoms with Gasteiger partial charge in [0.1, 0.15) is 5.69 Å². The van der Waals surface area contributed by atoms with Gasteiger partial charge in [-0.1, -0.05) is 35.3 Å². The minimum Gasteiger partial charge on any atom is -0.382 e. The van der Waals surface area contributed by atoms with E-state index in [0.29, 0.717) is 53.6 Å². The number of benzene rings is 1. The molecule has 0 saturated heterocycles. The van der Waals surface area contributed by atoms with Gasteiger partial charge >= 0.3 is 0 Å². The summed E-state index contributed by atoms with van der Waals surface area (Å²) in [6.45, 7) is 1.93. The van der Waals surface area contributed by atoms with Crippen LogP contribution < -0.4 is 11.1 Å². The molecule has 0 spiro atoms. The molecule has 1 aromatic carbocycles. The van der Waals surface area contributed by atoms with Gasteiger partial charge in [0.2, 0.25) is 5.95 Å². The lowest BCUT2D eigenvalue weighted by molar-refractivity contribution is 0.129. The van der Waals surface area contributed by atoms with E-state index in [1.54, 1.807) is 18.2 Å². The number of nitrogens with one attached hydrogen (secondary N) is 1. The molecule has 2 aromatic heterocycles. The van der Waals surface area contributed by atoms with Crippen molar-refractivity contribution >= 4 is 35.0 Å². The normalized spacial score (nSPS) is 10.8. The quantitative estimate of drug-likeness (QED) is 0.545. The van der Waals surface area contributed by atoms with Crippen LogP contribution in [0.2, 0.25) is 10.0 Å². The Morgan fingerprint density at radius 2 is 2.08 bits per heavy atom. The van der Waals surface area contributed by atoms with E-state index in [-0.39, 0.29) is 5.82 Å². The zero-order chi connectivity index (χ0) is 18.4. The number of nitrogens with two attached hydrogens (primary N) is 1. The largest absolute Gasteiger partial charge is 0.382 e. The van der Waals surface area contributed by atoms with Crippen LogP contribution in [0.4, 0.5) is 11.8 Å². The zero-order valence-corrected chi connectivity index (χ0v) is 15.0. The number of nitrogen functional groups attached to an aromatic ring is 1. The Morgan fingerprint density at radius 3 is 2.85 bits per heavy atom. The summed E-state index contributed by atoms with van der Waals surface area (Å²) in [6.07, 6.45) is 1.37. The van der Waals surface area contributed by atoms with Gasteiger partial charge in [0.25, 0.3) is 0 Å². The second-order valence-corrected chi connectivity index (χ2v) is 5.83. The minimum atomic E-state index is 0.199. The third-order valence-corrected chi connectivity index (χ3v) is 4.10. The monoisotopic (exact) mass is 395 g/mol. The van der Waals surface area contributed by atoms with Gasteiger partial charge in [0.15, 0.2) is 12.1 Å². The SMILES string of the molecule is Nc1nc(NCCOCCn2ncnn2)nnc1-c1cccc(Cl)c1Cl. The molecule has 0 bridgehead atoms. The Kier molecular flexibility index (Phi) is 6.10. The second kappa shape index (κ2) is 8.70. The summed E-state index contributed by atoms with van der Waals surface area (Å²) in [5.74, 6) is 0.496. The van der Waals surface area contributed by atoms with Crippen LogP contribution in [0.1, 0.15) is 0 Å². The molecule has 0 saturated carbocycles. The van der Waals surface area contributed by atoms with E-state index in [1.807, 2.05) is 0 Å². The number of nitrogens with zero attached hydrogens (tertiary/aromatic N) is 7. The molecule has 0 atom stereocenters. The molecule has 26 heavy (non-hydrogen) atoms. The second-order valence-electron chi connectivity index (χ2n) is 5.04. The van der Waals surface area contributed by atoms with Crippen molar-refractivity contribution in [2.75, 3.05) is 30.8 Å². The van der Waals surface area contributed by atoms with Crippen molar-refractivity contribution in [3.63, 3.8) is 0 Å². The maximum absolute atomic E-state index is 6.18. The van der Waals surface area contributed by atoms with Gasteiger partial charge in [-0.15, -0.1) is 20.4 Å². The molecule has 0 aliphatic heterocycles. The van der Waals surface area contributed by atoms with Crippen LogP contribution in [0, 0.1) is 0 Å². The maximum atomic E-state index is 6.18. The molecule has 0 aliphatic rings. The lowest BCUT2D eigenvalue weighted by Gasteiger charge is -2.09. The van der Waals surface area contributed by atoms with E-state index in [9.17, 15) is 0 Å². The molecule has 0 unspecified atom stereocenters. The van der Waals surface area contributed by atoms with Gasteiger partial charge in [-0.05, 0) is 11.3 Å². The molecular weight excluding hydrogens is 381 g/mol. The Hall–Kier alpha value is -2.56. The molecule has 3 rings (SSSR count). The van der Waals surface area contributed by atoms with E-state index < -0.39 is 0 Å². The summed E-state index contributed by atoms with van der Waals surface area (Å²) in [5, 5.41) is 23.1. The highest BCUT2D eigenvalue weighted by Crippen LogP contribution is 2.34. The molecule has 3 N–H and O–H groups in total. The number of tetrazole rings is 1. The molecule has 0 aliphatic carbocycles. The first-order valence-corrected chi connectivity index (χ1v) is 8.37. The van der Waals surface area contributed by atoms with E-state index in [0.717, 1.165) is 0 Å². The summed E-state index contributed by atoms with van der Waals surface area (Å²) in [6, 6.07) is 5.18. The number of hydrogen-bond acceptors (Lipinski definition) is 9. The highest BCUT2D eigenvalue weighted by Gasteiger charge is 2.13. The topological polar surface area (TPSA) is 130 Å². The van der Waals surface area contributed by atoms with Crippen molar-refractivity contribution in [3.8, 4) is 11.3 Å². The van der Waals surface area contributed by atoms with Crippen molar-refractivity contribution in [1.82, 2.24) is 35.4 Å². The summed E-state index contributed by atoms with van der Waals surface area (Å²) in [5.41, 5.74) is 6.92. The fraction of sp³-hybridized carbons (Fsp3) is 0.286. The van der Waals surface area contributed by atoms with Gasteiger partial charge in [-0.2, -0.15) is 9.78 Å². The van der Waals surface area contributed by atoms with Crippen LogP contribution in [0.5, 0.6) is 0 Å². The predicted octanol–water partition coefficient (Wildman–Crippen LogP) is 1.54. The zero-order valence-electron chi connectivity index (χ0n) is 13.5. The average molecular weight is 396 g/mol. The average Bonchev–Trinajstić information content (AvgIpc) is 3.14. The molecule has 12 heteroatoms. The van der Waals surface area contributed by atoms with E-state index in [1.165, 1.54) is 11.1 Å². The van der Waals surface area contributed by atoms with Crippen LogP contribution in [0.25, 0.3) is 11.3 Å². The van der Waals surface area contributed by atoms with E-state index >= 15 is 0 Å². The van der Waals surface area contributed by atoms with E-state index in [4.69, 9.17) is 33.7 Å². The van der Waals surface area contributed by atoms with Crippen molar-refractivity contribution in [3.05, 3.63) is 34.6 Å². The fourth-order valence-electron chi connectivity index (χ4n) is 2.07. The molecular formula is C14H15Cl2N9O. The number of ether oxygens (including phenoxy) is 1. The first-order valence-electron chi connectivity index (χ1n) is 7.62. The molecule has 0 amide bonds. The third-order valence-electron chi connectivity index (χ3n) is 3.28. The standard InChI is InChI=1S/C14H15Cl2N9O/c15-10-3-1-2-9(11(10)16)12-13(17)21-14(23-22-12)18-4-6-26-7-5-25-20-8-19-24-25/h1-3,8H,4-7H2,(H3,17,18,21,23). The van der Waals surface area contributed by atoms with Gasteiger partial charge in [0.05, 0.1) is 29.8 Å². The van der Waals surface area contributed by atoms with Gasteiger partial charge < -0.3 is 15.8 Å². The molecule has 136 valence electrons. The van der Waals surface area contributed by atoms with Gasteiger partial charge in [-0.25, -0.2) is 0 Å². The number of hydrogen-bond donors (Lipinski definition) is 2. The number of anilines is 2. The number of aromatic nitrogens is 7. The Balaban J connectivity index is 1.50. The van der Waals surface area contributed by atoms with Crippen LogP contribution in [-0.4, -0.2) is 55.1 Å². The van der Waals surface area contributed by atoms with E-state index in [2.05, 4.69) is 35.9 Å². The molecule has 10 nitrogen and oxygen atoms in total. The Bertz CT molecular complexity index is 860. The molecule has 2 heterocycles. The van der Waals surface area contributed by atoms with Crippen LogP contribution in [0.3, 0.4) is 0 Å². The molecule has 3 aromatic rings. The summed E-state index contributed by atoms with van der Waals surface area (Å²) in [7, 11) is 0. The van der Waals surface area contributed by atoms with Crippen LogP contribution in [0.15, 0.2) is 24.5 Å². The smallest absolute Gasteiger partial charge is 0.244 e. The van der Waals surface area contributed by atoms with Crippen molar-refractivity contribution < 1.29 is 4.74 Å². The van der Waals surface area contributed by atoms with Crippen molar-refractivity contribution in [1.29, 1.82) is 0 Å². The third kappa shape index (κ3) is 4.54. The predicted molar refractivity (Wildman–Crippen MR) is 96.8 cm³/mol. The summed E-state index contributed by atoms with van der Waals surface area (Å²) in [4.78, 5) is 5.63. The number of halogens is 2. The van der Waals surface area contributed by atoms with Crippen molar-refractivity contribution in [2.45, 2.75) is 6.54 Å². The lowest BCUT2D eigenvalue weighted by Crippen LogP contribution is -2.16. The van der Waals surface area contributed by atoms with Crippen molar-refractivity contribution in [2.24, 2.45) is 0 Å². The highest BCUT2D eigenvalue weighted by molar-refractivity contribution is 6.43. The summed E-state index contributed by atoms with van der Waals surface area (Å²) >= 11 is 12.2. The summed E-state index contributed by atoms with van der Waals surface area (Å²) < 4.78 is 5.45. The highest BCUT2D eigenvalue weighted by atomic mass is 35.5. The Labute approximate surface area is 158 Å². The fourth-order valence-corrected chi connectivity index (χ4v) is 2.46. The minimum absolute atomic E-state index is 0.199. The van der Waals surface area contributed by atoms with Gasteiger partial charge in [-0.3, -0.25) is 0 Å². The Morgan fingerprint density at radius 1 is 1.19 bits per heavy atom. The molecule has 0 radical (unpaired) electrons.